The van der Waals surface area contributed by atoms with Gasteiger partial charge in [-0.15, -0.1) is 11.6 Å². The lowest BCUT2D eigenvalue weighted by molar-refractivity contribution is 1.49. The summed E-state index contributed by atoms with van der Waals surface area (Å²) in [5, 5.41) is 4.41. The maximum Gasteiger partial charge on any atom is 0.117 e. The van der Waals surface area contributed by atoms with Gasteiger partial charge in [-0.1, -0.05) is 89.3 Å². The molecule has 0 aliphatic carbocycles. The molecule has 0 aliphatic heterocycles. The van der Waals surface area contributed by atoms with Crippen molar-refractivity contribution in [3.05, 3.63) is 54.1 Å². The van der Waals surface area contributed by atoms with Crippen LogP contribution in [0.15, 0.2) is 48.5 Å². The highest BCUT2D eigenvalue weighted by Gasteiger charge is 2.18. The van der Waals surface area contributed by atoms with Crippen LogP contribution in [0.3, 0.4) is 0 Å². The molecule has 0 amide bonds. The van der Waals surface area contributed by atoms with Crippen LogP contribution in [-0.2, 0) is 0 Å². The molecule has 2 aromatic rings. The minimum Gasteiger partial charge on any atom is -0.130 e. The van der Waals surface area contributed by atoms with Crippen LogP contribution in [0, 0.1) is 6.92 Å². The molecule has 0 N–H and O–H groups in total. The third kappa shape index (κ3) is 3.63. The molecule has 0 heterocycles. The molecule has 20 heavy (non-hydrogen) atoms. The highest BCUT2D eigenvalue weighted by Crippen LogP contribution is 2.02. The standard InChI is InChI=1S/C17H23ClSi2/c1-14-5-7-15(8-6-14)19(13-18)16-9-11-17(12-10-16)20(2,3)4/h5-12,19H,13H2,1-4H3. The highest BCUT2D eigenvalue weighted by molar-refractivity contribution is 6.90. The van der Waals surface area contributed by atoms with E-state index in [1.807, 2.05) is 0 Å². The Balaban J connectivity index is 2.30. The van der Waals surface area contributed by atoms with E-state index in [0.29, 0.717) is 0 Å². The Morgan fingerprint density at radius 3 is 1.70 bits per heavy atom. The normalized spacial score (nSPS) is 13.2. The van der Waals surface area contributed by atoms with Crippen LogP contribution in [0.2, 0.25) is 19.6 Å². The summed E-state index contributed by atoms with van der Waals surface area (Å²) in [6.45, 7) is 9.29. The molecule has 0 aromatic heterocycles. The maximum absolute atomic E-state index is 6.28. The van der Waals surface area contributed by atoms with Crippen molar-refractivity contribution in [2.75, 3.05) is 5.50 Å². The van der Waals surface area contributed by atoms with Crippen molar-refractivity contribution in [3.63, 3.8) is 0 Å². The summed E-state index contributed by atoms with van der Waals surface area (Å²) < 4.78 is 0. The second kappa shape index (κ2) is 6.29. The third-order valence-electron chi connectivity index (χ3n) is 3.81. The smallest absolute Gasteiger partial charge is 0.117 e. The van der Waals surface area contributed by atoms with Crippen molar-refractivity contribution in [1.29, 1.82) is 0 Å². The molecule has 1 atom stereocenters. The van der Waals surface area contributed by atoms with Crippen LogP contribution < -0.4 is 15.6 Å². The molecular weight excluding hydrogens is 296 g/mol. The molecule has 3 heteroatoms. The molecule has 2 rings (SSSR count). The summed E-state index contributed by atoms with van der Waals surface area (Å²) in [6, 6.07) is 18.2. The Kier molecular flexibility index (Phi) is 4.89. The summed E-state index contributed by atoms with van der Waals surface area (Å²) >= 11 is 6.28. The van der Waals surface area contributed by atoms with Crippen molar-refractivity contribution in [3.8, 4) is 0 Å². The summed E-state index contributed by atoms with van der Waals surface area (Å²) in [4.78, 5) is 0. The second-order valence-corrected chi connectivity index (χ2v) is 15.2. The van der Waals surface area contributed by atoms with E-state index in [9.17, 15) is 0 Å². The molecule has 0 spiro atoms. The Labute approximate surface area is 130 Å². The van der Waals surface area contributed by atoms with Gasteiger partial charge in [-0.25, -0.2) is 0 Å². The fraction of sp³-hybridized carbons (Fsp3) is 0.294. The van der Waals surface area contributed by atoms with Crippen LogP contribution in [0.4, 0.5) is 0 Å². The molecule has 1 unspecified atom stereocenters. The lowest BCUT2D eigenvalue weighted by Gasteiger charge is -2.19. The highest BCUT2D eigenvalue weighted by atomic mass is 35.5. The quantitative estimate of drug-likeness (QED) is 0.600. The Morgan fingerprint density at radius 2 is 1.30 bits per heavy atom. The number of alkyl halides is 1. The fourth-order valence-corrected chi connectivity index (χ4v) is 6.68. The van der Waals surface area contributed by atoms with E-state index in [0.717, 1.165) is 5.50 Å². The number of halogens is 1. The van der Waals surface area contributed by atoms with E-state index in [1.165, 1.54) is 21.1 Å². The number of rotatable bonds is 4. The van der Waals surface area contributed by atoms with E-state index in [1.54, 1.807) is 0 Å². The zero-order valence-corrected chi connectivity index (χ0v) is 15.7. The summed E-state index contributed by atoms with van der Waals surface area (Å²) in [7, 11) is -2.45. The molecular formula is C17H23ClSi2. The third-order valence-corrected chi connectivity index (χ3v) is 9.49. The van der Waals surface area contributed by atoms with Gasteiger partial charge in [0.2, 0.25) is 0 Å². The first kappa shape index (κ1) is 15.6. The van der Waals surface area contributed by atoms with Gasteiger partial charge in [0.25, 0.3) is 0 Å². The molecule has 106 valence electrons. The van der Waals surface area contributed by atoms with Gasteiger partial charge in [0, 0.05) is 5.50 Å². The van der Waals surface area contributed by atoms with Crippen molar-refractivity contribution < 1.29 is 0 Å². The molecule has 2 aromatic carbocycles. The van der Waals surface area contributed by atoms with Crippen LogP contribution in [0.1, 0.15) is 5.56 Å². The molecule has 0 saturated carbocycles. The van der Waals surface area contributed by atoms with Gasteiger partial charge in [0.05, 0.1) is 8.07 Å². The largest absolute Gasteiger partial charge is 0.130 e. The molecule has 0 radical (unpaired) electrons. The van der Waals surface area contributed by atoms with E-state index in [-0.39, 0.29) is 0 Å². The summed E-state index contributed by atoms with van der Waals surface area (Å²) in [5.74, 6) is 0. The van der Waals surface area contributed by atoms with Gasteiger partial charge in [0.15, 0.2) is 0 Å². The molecule has 0 saturated heterocycles. The zero-order chi connectivity index (χ0) is 14.8. The Bertz CT molecular complexity index is 553. The van der Waals surface area contributed by atoms with Crippen molar-refractivity contribution in [1.82, 2.24) is 0 Å². The Hall–Kier alpha value is -0.836. The first-order chi connectivity index (χ1) is 9.41. The summed E-state index contributed by atoms with van der Waals surface area (Å²) in [5.41, 5.74) is 2.07. The number of benzene rings is 2. The number of hydrogen-bond donors (Lipinski definition) is 0. The van der Waals surface area contributed by atoms with Crippen molar-refractivity contribution in [2.24, 2.45) is 0 Å². The first-order valence-electron chi connectivity index (χ1n) is 7.15. The number of aryl methyl sites for hydroxylation is 1. The van der Waals surface area contributed by atoms with Gasteiger partial charge in [-0.2, -0.15) is 0 Å². The predicted molar refractivity (Wildman–Crippen MR) is 97.7 cm³/mol. The minimum absolute atomic E-state index is 0.759. The van der Waals surface area contributed by atoms with E-state index >= 15 is 0 Å². The monoisotopic (exact) mass is 318 g/mol. The average molecular weight is 319 g/mol. The Morgan fingerprint density at radius 1 is 0.850 bits per heavy atom. The molecule has 0 aliphatic rings. The van der Waals surface area contributed by atoms with Crippen molar-refractivity contribution >= 4 is 44.0 Å². The van der Waals surface area contributed by atoms with Gasteiger partial charge >= 0.3 is 0 Å². The van der Waals surface area contributed by atoms with Gasteiger partial charge in [0.1, 0.15) is 8.80 Å². The van der Waals surface area contributed by atoms with Gasteiger partial charge in [-0.3, -0.25) is 0 Å². The lowest BCUT2D eigenvalue weighted by Crippen LogP contribution is -2.45. The average Bonchev–Trinajstić information content (AvgIpc) is 2.41. The lowest BCUT2D eigenvalue weighted by atomic mass is 10.2. The molecule has 0 bridgehead atoms. The van der Waals surface area contributed by atoms with Crippen LogP contribution in [0.5, 0.6) is 0 Å². The van der Waals surface area contributed by atoms with Crippen LogP contribution in [0.25, 0.3) is 0 Å². The number of hydrogen-bond acceptors (Lipinski definition) is 0. The van der Waals surface area contributed by atoms with Gasteiger partial charge in [-0.05, 0) is 6.92 Å². The maximum atomic E-state index is 6.28. The fourth-order valence-electron chi connectivity index (χ4n) is 2.38. The molecule has 0 fully saturated rings. The molecule has 0 nitrogen and oxygen atoms in total. The van der Waals surface area contributed by atoms with Crippen molar-refractivity contribution in [2.45, 2.75) is 26.6 Å². The minimum atomic E-state index is -1.24. The second-order valence-electron chi connectivity index (χ2n) is 6.49. The predicted octanol–water partition coefficient (Wildman–Crippen LogP) is 2.66. The zero-order valence-electron chi connectivity index (χ0n) is 12.8. The topological polar surface area (TPSA) is 0 Å². The van der Waals surface area contributed by atoms with Crippen LogP contribution in [-0.4, -0.2) is 22.4 Å². The van der Waals surface area contributed by atoms with Crippen LogP contribution >= 0.6 is 11.6 Å². The van der Waals surface area contributed by atoms with E-state index in [2.05, 4.69) is 75.1 Å². The van der Waals surface area contributed by atoms with E-state index in [4.69, 9.17) is 11.6 Å². The first-order valence-corrected chi connectivity index (χ1v) is 13.2. The SMILES string of the molecule is Cc1ccc([SiH](CCl)c2ccc([Si](C)(C)C)cc2)cc1. The van der Waals surface area contributed by atoms with E-state index < -0.39 is 16.9 Å². The van der Waals surface area contributed by atoms with Gasteiger partial charge < -0.3 is 0 Å². The summed E-state index contributed by atoms with van der Waals surface area (Å²) in [6.07, 6.45) is 0.